The molecule has 0 amide bonds. The smallest absolute Gasteiger partial charge is 0.258 e. The number of thioether (sulfide) groups is 1. The van der Waals surface area contributed by atoms with Crippen LogP contribution in [0.15, 0.2) is 24.3 Å². The Hall–Kier alpha value is -1.03. The molecule has 18 heavy (non-hydrogen) atoms. The van der Waals surface area contributed by atoms with Crippen molar-refractivity contribution in [1.82, 2.24) is 0 Å². The first kappa shape index (κ1) is 19.3. The summed E-state index contributed by atoms with van der Waals surface area (Å²) in [5, 5.41) is 10.6. The third-order valence-electron chi connectivity index (χ3n) is 1.79. The van der Waals surface area contributed by atoms with Gasteiger partial charge in [0.1, 0.15) is 0 Å². The molecule has 0 aromatic heterocycles. The van der Waals surface area contributed by atoms with Crippen LogP contribution in [0, 0.1) is 10.1 Å². The second-order valence-electron chi connectivity index (χ2n) is 4.33. The van der Waals surface area contributed by atoms with Gasteiger partial charge in [-0.25, -0.2) is 0 Å². The maximum Gasteiger partial charge on any atom is 0.269 e. The SMILES string of the molecule is C.CC.CC(C)(C)SCc1cccc([N+](=O)[O-])c1. The molecule has 0 saturated carbocycles. The summed E-state index contributed by atoms with van der Waals surface area (Å²) in [5.41, 5.74) is 1.17. The Morgan fingerprint density at radius 1 is 1.28 bits per heavy atom. The van der Waals surface area contributed by atoms with Gasteiger partial charge in [0.2, 0.25) is 0 Å². The largest absolute Gasteiger partial charge is 0.269 e. The van der Waals surface area contributed by atoms with Crippen LogP contribution >= 0.6 is 11.8 Å². The minimum atomic E-state index is -0.356. The highest BCUT2D eigenvalue weighted by Crippen LogP contribution is 2.28. The van der Waals surface area contributed by atoms with Gasteiger partial charge in [-0.3, -0.25) is 10.1 Å². The molecule has 0 bridgehead atoms. The summed E-state index contributed by atoms with van der Waals surface area (Å²) in [6.07, 6.45) is 0. The zero-order chi connectivity index (χ0) is 13.5. The van der Waals surface area contributed by atoms with Gasteiger partial charge in [-0.1, -0.05) is 54.2 Å². The van der Waals surface area contributed by atoms with Crippen LogP contribution in [-0.2, 0) is 5.75 Å². The van der Waals surface area contributed by atoms with Crippen molar-refractivity contribution in [1.29, 1.82) is 0 Å². The predicted molar refractivity (Wildman–Crippen MR) is 82.2 cm³/mol. The average molecular weight is 271 g/mol. The first-order chi connectivity index (χ1) is 7.88. The van der Waals surface area contributed by atoms with Gasteiger partial charge in [-0.15, -0.1) is 0 Å². The molecular formula is C14H25NO2S. The molecule has 1 aromatic carbocycles. The monoisotopic (exact) mass is 271 g/mol. The normalized spacial score (nSPS) is 9.83. The zero-order valence-electron chi connectivity index (χ0n) is 11.2. The zero-order valence-corrected chi connectivity index (χ0v) is 12.0. The second kappa shape index (κ2) is 8.97. The van der Waals surface area contributed by atoms with Gasteiger partial charge in [0, 0.05) is 22.6 Å². The van der Waals surface area contributed by atoms with Crippen LogP contribution in [0.3, 0.4) is 0 Å². The van der Waals surface area contributed by atoms with E-state index in [1.807, 2.05) is 19.9 Å². The summed E-state index contributed by atoms with van der Waals surface area (Å²) in [4.78, 5) is 10.2. The van der Waals surface area contributed by atoms with E-state index >= 15 is 0 Å². The standard InChI is InChI=1S/C11H15NO2S.C2H6.CH4/c1-11(2,3)15-8-9-5-4-6-10(7-9)12(13)14;1-2;/h4-7H,8H2,1-3H3;1-2H3;1H4. The van der Waals surface area contributed by atoms with Crippen molar-refractivity contribution in [2.24, 2.45) is 0 Å². The number of non-ortho nitro benzene ring substituents is 1. The van der Waals surface area contributed by atoms with Crippen molar-refractivity contribution in [3.05, 3.63) is 39.9 Å². The fraction of sp³-hybridized carbons (Fsp3) is 0.571. The Morgan fingerprint density at radius 2 is 1.83 bits per heavy atom. The van der Waals surface area contributed by atoms with Crippen LogP contribution in [0.25, 0.3) is 0 Å². The summed E-state index contributed by atoms with van der Waals surface area (Å²) in [5.74, 6) is 0.811. The number of hydrogen-bond donors (Lipinski definition) is 0. The number of hydrogen-bond acceptors (Lipinski definition) is 3. The van der Waals surface area contributed by atoms with Crippen LogP contribution in [0.5, 0.6) is 0 Å². The van der Waals surface area contributed by atoms with E-state index in [4.69, 9.17) is 0 Å². The molecule has 0 N–H and O–H groups in total. The minimum absolute atomic E-state index is 0. The fourth-order valence-electron chi connectivity index (χ4n) is 1.06. The molecule has 0 fully saturated rings. The topological polar surface area (TPSA) is 43.1 Å². The Morgan fingerprint density at radius 3 is 2.28 bits per heavy atom. The molecule has 0 aliphatic carbocycles. The highest BCUT2D eigenvalue weighted by atomic mass is 32.2. The summed E-state index contributed by atoms with van der Waals surface area (Å²) in [6, 6.07) is 6.81. The average Bonchev–Trinajstić information content (AvgIpc) is 2.28. The third-order valence-corrected chi connectivity index (χ3v) is 3.14. The van der Waals surface area contributed by atoms with Crippen LogP contribution in [-0.4, -0.2) is 9.67 Å². The lowest BCUT2D eigenvalue weighted by Gasteiger charge is -2.17. The molecule has 0 radical (unpaired) electrons. The molecule has 104 valence electrons. The van der Waals surface area contributed by atoms with Gasteiger partial charge in [0.05, 0.1) is 4.92 Å². The van der Waals surface area contributed by atoms with Crippen molar-refractivity contribution < 1.29 is 4.92 Å². The maximum atomic E-state index is 10.6. The van der Waals surface area contributed by atoms with Crippen LogP contribution in [0.4, 0.5) is 5.69 Å². The first-order valence-corrected chi connectivity index (χ1v) is 6.74. The number of rotatable bonds is 3. The lowest BCUT2D eigenvalue weighted by molar-refractivity contribution is -0.384. The molecule has 0 spiro atoms. The maximum absolute atomic E-state index is 10.6. The van der Waals surface area contributed by atoms with Gasteiger partial charge >= 0.3 is 0 Å². The lowest BCUT2D eigenvalue weighted by Crippen LogP contribution is -2.07. The molecule has 1 aromatic rings. The van der Waals surface area contributed by atoms with E-state index in [1.54, 1.807) is 23.9 Å². The molecule has 0 atom stereocenters. The molecular weight excluding hydrogens is 246 g/mol. The molecule has 0 aliphatic heterocycles. The van der Waals surface area contributed by atoms with Gasteiger partial charge in [-0.05, 0) is 5.56 Å². The number of nitro groups is 1. The highest BCUT2D eigenvalue weighted by molar-refractivity contribution is 7.99. The fourth-order valence-corrected chi connectivity index (χ4v) is 1.84. The Kier molecular flexibility index (Phi) is 9.63. The summed E-state index contributed by atoms with van der Waals surface area (Å²) >= 11 is 1.78. The van der Waals surface area contributed by atoms with Crippen LogP contribution < -0.4 is 0 Å². The quantitative estimate of drug-likeness (QED) is 0.554. The van der Waals surface area contributed by atoms with Crippen molar-refractivity contribution in [2.45, 2.75) is 52.5 Å². The minimum Gasteiger partial charge on any atom is -0.258 e. The van der Waals surface area contributed by atoms with E-state index in [0.29, 0.717) is 0 Å². The van der Waals surface area contributed by atoms with E-state index in [2.05, 4.69) is 20.8 Å². The van der Waals surface area contributed by atoms with Gasteiger partial charge in [0.25, 0.3) is 5.69 Å². The van der Waals surface area contributed by atoms with E-state index in [-0.39, 0.29) is 22.8 Å². The van der Waals surface area contributed by atoms with E-state index in [0.717, 1.165) is 11.3 Å². The summed E-state index contributed by atoms with van der Waals surface area (Å²) in [6.45, 7) is 10.4. The van der Waals surface area contributed by atoms with Gasteiger partial charge in [0.15, 0.2) is 0 Å². The Bertz CT molecular complexity index is 359. The van der Waals surface area contributed by atoms with Crippen LogP contribution in [0.1, 0.15) is 47.6 Å². The Labute approximate surface area is 115 Å². The summed E-state index contributed by atoms with van der Waals surface area (Å²) in [7, 11) is 0. The third kappa shape index (κ3) is 8.12. The molecule has 0 aliphatic rings. The summed E-state index contributed by atoms with van der Waals surface area (Å²) < 4.78 is 0.185. The molecule has 0 saturated heterocycles. The highest BCUT2D eigenvalue weighted by Gasteiger charge is 2.12. The van der Waals surface area contributed by atoms with Crippen molar-refractivity contribution >= 4 is 17.4 Å². The van der Waals surface area contributed by atoms with E-state index in [9.17, 15) is 10.1 Å². The lowest BCUT2D eigenvalue weighted by atomic mass is 10.2. The Balaban J connectivity index is 0. The number of benzene rings is 1. The molecule has 0 unspecified atom stereocenters. The second-order valence-corrected chi connectivity index (χ2v) is 6.13. The number of nitro benzene ring substituents is 1. The van der Waals surface area contributed by atoms with Crippen molar-refractivity contribution in [3.8, 4) is 0 Å². The van der Waals surface area contributed by atoms with Gasteiger partial charge in [-0.2, -0.15) is 11.8 Å². The van der Waals surface area contributed by atoms with Crippen LogP contribution in [0.2, 0.25) is 0 Å². The first-order valence-electron chi connectivity index (χ1n) is 5.76. The van der Waals surface area contributed by atoms with Gasteiger partial charge < -0.3 is 0 Å². The van der Waals surface area contributed by atoms with E-state index in [1.165, 1.54) is 6.07 Å². The van der Waals surface area contributed by atoms with E-state index < -0.39 is 0 Å². The molecule has 4 heteroatoms. The molecule has 0 heterocycles. The van der Waals surface area contributed by atoms with Crippen molar-refractivity contribution in [3.63, 3.8) is 0 Å². The number of nitrogens with zero attached hydrogens (tertiary/aromatic N) is 1. The van der Waals surface area contributed by atoms with Crippen molar-refractivity contribution in [2.75, 3.05) is 0 Å². The molecule has 3 nitrogen and oxygen atoms in total. The predicted octanol–water partition coefficient (Wildman–Crippen LogP) is 5.29. The molecule has 1 rings (SSSR count).